The number of hydrogen-bond acceptors (Lipinski definition) is 7. The zero-order valence-electron chi connectivity index (χ0n) is 19.4. The fraction of sp³-hybridized carbons (Fsp3) is 0.680. The van der Waals surface area contributed by atoms with Crippen molar-refractivity contribution in [3.8, 4) is 0 Å². The lowest BCUT2D eigenvalue weighted by molar-refractivity contribution is -0.161. The third-order valence-electron chi connectivity index (χ3n) is 9.84. The highest BCUT2D eigenvalue weighted by molar-refractivity contribution is 6.01. The number of Topliss-reactive ketones (excluding diaryl/α,β-unsaturated/α-hetero) is 1. The number of fused-ring (bicyclic) bond motifs is 3. The van der Waals surface area contributed by atoms with Crippen LogP contribution in [0.3, 0.4) is 0 Å². The molecule has 1 aliphatic heterocycles. The fourth-order valence-corrected chi connectivity index (χ4v) is 8.44. The molecule has 4 fully saturated rings. The summed E-state index contributed by atoms with van der Waals surface area (Å²) in [6, 6.07) is 0. The fourth-order valence-electron chi connectivity index (χ4n) is 8.44. The Balaban J connectivity index is 1.61. The van der Waals surface area contributed by atoms with Crippen LogP contribution in [-0.4, -0.2) is 74.0 Å². The number of rotatable bonds is 6. The minimum atomic E-state index is -1.94. The second kappa shape index (κ2) is 7.30. The van der Waals surface area contributed by atoms with Crippen LogP contribution in [-0.2, 0) is 23.9 Å². The van der Waals surface area contributed by atoms with E-state index >= 15 is 4.39 Å². The molecule has 5 rings (SSSR count). The number of ketones is 2. The molecule has 0 aromatic carbocycles. The Kier molecular flexibility index (Phi) is 5.06. The highest BCUT2D eigenvalue weighted by atomic mass is 19.1. The van der Waals surface area contributed by atoms with Crippen molar-refractivity contribution in [3.63, 3.8) is 0 Å². The number of hydrogen-bond donors (Lipinski definition) is 4. The Morgan fingerprint density at radius 2 is 1.89 bits per heavy atom. The zero-order chi connectivity index (χ0) is 25.7. The largest absolute Gasteiger partial charge is 0.481 e. The highest BCUT2D eigenvalue weighted by Crippen LogP contribution is 2.78. The first kappa shape index (κ1) is 24.3. The first-order chi connectivity index (χ1) is 16.2. The molecule has 1 saturated heterocycles. The molecule has 35 heavy (non-hydrogen) atoms. The molecule has 0 amide bonds. The van der Waals surface area contributed by atoms with Gasteiger partial charge in [-0.3, -0.25) is 19.2 Å². The minimum absolute atomic E-state index is 0.0641. The molecule has 0 aromatic heterocycles. The van der Waals surface area contributed by atoms with E-state index in [1.165, 1.54) is 12.2 Å². The van der Waals surface area contributed by atoms with Crippen LogP contribution in [0.25, 0.3) is 0 Å². The van der Waals surface area contributed by atoms with E-state index in [9.17, 15) is 34.5 Å². The predicted molar refractivity (Wildman–Crippen MR) is 116 cm³/mol. The van der Waals surface area contributed by atoms with E-state index < -0.39 is 88.7 Å². The van der Waals surface area contributed by atoms with Crippen molar-refractivity contribution in [2.75, 3.05) is 0 Å². The molecule has 190 valence electrons. The smallest absolute Gasteiger partial charge is 0.306 e. The van der Waals surface area contributed by atoms with Crippen molar-refractivity contribution in [1.29, 1.82) is 0 Å². The van der Waals surface area contributed by atoms with Crippen LogP contribution in [0.4, 0.5) is 4.39 Å². The van der Waals surface area contributed by atoms with Crippen LogP contribution < -0.4 is 0 Å². The molecular weight excluding hydrogens is 463 g/mol. The molecular formula is C25H29FO9. The van der Waals surface area contributed by atoms with Gasteiger partial charge >= 0.3 is 11.9 Å². The average molecular weight is 492 g/mol. The van der Waals surface area contributed by atoms with E-state index in [1.54, 1.807) is 19.9 Å². The van der Waals surface area contributed by atoms with Gasteiger partial charge in [0.15, 0.2) is 11.6 Å². The molecule has 1 heterocycles. The standard InChI is InChI=1S/C25H29FO9/c1-22-4-3-11(27)5-12(22)14(26)6-13-20-16(29)8-24(10-19(32)33,21(34)15(28)7-18(30)31)23(20,2)9-17-25(13,22)35-17/h3-5,13-17,20,28-29H,6-10H2,1-2H3,(H,30,31)(H,32,33)/t13-,14+,15?,16?,17?,20+,22-,23-,24?,25?/m0/s1. The van der Waals surface area contributed by atoms with Crippen LogP contribution in [0.15, 0.2) is 23.8 Å². The summed E-state index contributed by atoms with van der Waals surface area (Å²) >= 11 is 0. The summed E-state index contributed by atoms with van der Waals surface area (Å²) in [6.45, 7) is 3.48. The van der Waals surface area contributed by atoms with Gasteiger partial charge < -0.3 is 25.2 Å². The Morgan fingerprint density at radius 3 is 2.51 bits per heavy atom. The number of allylic oxidation sites excluding steroid dienone is 2. The van der Waals surface area contributed by atoms with E-state index in [-0.39, 0.29) is 25.0 Å². The van der Waals surface area contributed by atoms with Gasteiger partial charge in [-0.05, 0) is 55.2 Å². The SMILES string of the molecule is C[C@]12C=CC(=O)C=C1[C@H](F)C[C@H]1[C@@H]3C(O)CC(CC(=O)O)(C(=O)C(O)CC(=O)O)[C@@]3(C)CC3OC312. The van der Waals surface area contributed by atoms with Crippen LogP contribution >= 0.6 is 0 Å². The van der Waals surface area contributed by atoms with Crippen molar-refractivity contribution in [1.82, 2.24) is 0 Å². The van der Waals surface area contributed by atoms with Gasteiger partial charge in [0.05, 0.1) is 30.5 Å². The van der Waals surface area contributed by atoms with Crippen LogP contribution in [0, 0.1) is 28.1 Å². The lowest BCUT2D eigenvalue weighted by atomic mass is 9.44. The topological polar surface area (TPSA) is 162 Å². The van der Waals surface area contributed by atoms with Crippen LogP contribution in [0.5, 0.6) is 0 Å². The van der Waals surface area contributed by atoms with Gasteiger partial charge in [-0.1, -0.05) is 13.0 Å². The second-order valence-electron chi connectivity index (χ2n) is 11.3. The normalized spacial score (nSPS) is 48.1. The van der Waals surface area contributed by atoms with Crippen molar-refractivity contribution in [2.24, 2.45) is 28.1 Å². The molecule has 10 heteroatoms. The van der Waals surface area contributed by atoms with Crippen molar-refractivity contribution in [3.05, 3.63) is 23.8 Å². The Labute approximate surface area is 200 Å². The molecule has 10 atom stereocenters. The molecule has 0 aromatic rings. The second-order valence-corrected chi connectivity index (χ2v) is 11.3. The molecule has 5 unspecified atom stereocenters. The summed E-state index contributed by atoms with van der Waals surface area (Å²) in [5.41, 5.74) is -4.48. The molecule has 0 bridgehead atoms. The summed E-state index contributed by atoms with van der Waals surface area (Å²) < 4.78 is 21.9. The van der Waals surface area contributed by atoms with Gasteiger partial charge in [0.1, 0.15) is 17.9 Å². The minimum Gasteiger partial charge on any atom is -0.481 e. The van der Waals surface area contributed by atoms with Gasteiger partial charge in [-0.15, -0.1) is 0 Å². The quantitative estimate of drug-likeness (QED) is 0.399. The van der Waals surface area contributed by atoms with E-state index in [0.29, 0.717) is 5.57 Å². The van der Waals surface area contributed by atoms with Gasteiger partial charge in [0.2, 0.25) is 0 Å². The van der Waals surface area contributed by atoms with Crippen LogP contribution in [0.1, 0.15) is 46.0 Å². The summed E-state index contributed by atoms with van der Waals surface area (Å²) in [4.78, 5) is 48.7. The molecule has 1 spiro atoms. The number of carboxylic acid groups (broad SMARTS) is 2. The number of aliphatic carboxylic acids is 2. The predicted octanol–water partition coefficient (Wildman–Crippen LogP) is 1.21. The number of ether oxygens (including phenoxy) is 1. The van der Waals surface area contributed by atoms with E-state index in [0.717, 1.165) is 0 Å². The van der Waals surface area contributed by atoms with E-state index in [4.69, 9.17) is 9.84 Å². The maximum Gasteiger partial charge on any atom is 0.306 e. The van der Waals surface area contributed by atoms with Gasteiger partial charge in [0, 0.05) is 11.3 Å². The van der Waals surface area contributed by atoms with Crippen LogP contribution in [0.2, 0.25) is 0 Å². The number of epoxide rings is 1. The molecule has 4 N–H and O–H groups in total. The Bertz CT molecular complexity index is 1100. The van der Waals surface area contributed by atoms with E-state index in [1.807, 2.05) is 0 Å². The lowest BCUT2D eigenvalue weighted by Crippen LogP contribution is -2.62. The number of carbonyl (C=O) groups is 4. The van der Waals surface area contributed by atoms with Gasteiger partial charge in [-0.2, -0.15) is 0 Å². The third-order valence-corrected chi connectivity index (χ3v) is 9.84. The summed E-state index contributed by atoms with van der Waals surface area (Å²) in [5.74, 6) is -5.29. The molecule has 0 radical (unpaired) electrons. The van der Waals surface area contributed by atoms with Crippen molar-refractivity contribution < 1.29 is 48.7 Å². The summed E-state index contributed by atoms with van der Waals surface area (Å²) in [6.07, 6.45) is -2.54. The molecule has 9 nitrogen and oxygen atoms in total. The number of aliphatic hydroxyl groups excluding tert-OH is 2. The average Bonchev–Trinajstić information content (AvgIpc) is 3.42. The van der Waals surface area contributed by atoms with Crippen molar-refractivity contribution in [2.45, 2.75) is 76.0 Å². The first-order valence-corrected chi connectivity index (χ1v) is 11.8. The molecule has 3 saturated carbocycles. The van der Waals surface area contributed by atoms with Gasteiger partial charge in [-0.25, -0.2) is 4.39 Å². The van der Waals surface area contributed by atoms with E-state index in [2.05, 4.69) is 0 Å². The maximum absolute atomic E-state index is 15.6. The summed E-state index contributed by atoms with van der Waals surface area (Å²) in [7, 11) is 0. The number of carboxylic acids is 2. The molecule has 4 aliphatic carbocycles. The Hall–Kier alpha value is -2.43. The van der Waals surface area contributed by atoms with Crippen molar-refractivity contribution >= 4 is 23.5 Å². The highest BCUT2D eigenvalue weighted by Gasteiger charge is 2.83. The number of aliphatic hydroxyl groups is 2. The zero-order valence-corrected chi connectivity index (χ0v) is 19.4. The first-order valence-electron chi connectivity index (χ1n) is 11.8. The number of halogens is 1. The number of carbonyl (C=O) groups excluding carboxylic acids is 2. The van der Waals surface area contributed by atoms with Gasteiger partial charge in [0.25, 0.3) is 0 Å². The number of alkyl halides is 1. The molecule has 5 aliphatic rings. The monoisotopic (exact) mass is 492 g/mol. The third kappa shape index (κ3) is 2.90. The maximum atomic E-state index is 15.6. The Morgan fingerprint density at radius 1 is 1.20 bits per heavy atom. The summed E-state index contributed by atoms with van der Waals surface area (Å²) in [5, 5.41) is 40.6. The lowest BCUT2D eigenvalue weighted by Gasteiger charge is -2.57.